The molecule has 0 bridgehead atoms. The second kappa shape index (κ2) is 7.01. The molecule has 0 N–H and O–H groups in total. The Hall–Kier alpha value is -2.07. The Morgan fingerprint density at radius 2 is 1.91 bits per heavy atom. The first-order valence-electron chi connectivity index (χ1n) is 7.52. The van der Waals surface area contributed by atoms with E-state index in [0.717, 1.165) is 28.6 Å². The molecule has 0 aliphatic heterocycles. The zero-order valence-corrected chi connectivity index (χ0v) is 14.4. The molecule has 3 rings (SSSR count). The van der Waals surface area contributed by atoms with Crippen LogP contribution in [0.3, 0.4) is 0 Å². The van der Waals surface area contributed by atoms with Gasteiger partial charge in [-0.1, -0.05) is 46.3 Å². The number of benzene rings is 2. The third-order valence-corrected chi connectivity index (χ3v) is 4.25. The van der Waals surface area contributed by atoms with Crippen molar-refractivity contribution in [1.29, 1.82) is 0 Å². The number of halogens is 1. The normalized spacial score (nSPS) is 10.9. The molecule has 2 aromatic carbocycles. The standard InChI is InChI=1S/C19H17BrO3/c1-13-17(22-11-5-10-20)9-8-15-16(21)12-18(23-19(13)15)14-6-3-2-4-7-14/h2-4,6-9,12H,5,10-11H2,1H3. The van der Waals surface area contributed by atoms with E-state index in [2.05, 4.69) is 15.9 Å². The van der Waals surface area contributed by atoms with Gasteiger partial charge in [0, 0.05) is 22.5 Å². The third kappa shape index (κ3) is 3.32. The molecule has 0 fully saturated rings. The minimum absolute atomic E-state index is 0.0415. The van der Waals surface area contributed by atoms with Gasteiger partial charge in [-0.05, 0) is 25.5 Å². The van der Waals surface area contributed by atoms with Gasteiger partial charge in [0.1, 0.15) is 17.1 Å². The average Bonchev–Trinajstić information content (AvgIpc) is 2.58. The number of hydrogen-bond donors (Lipinski definition) is 0. The van der Waals surface area contributed by atoms with Crippen molar-refractivity contribution in [2.24, 2.45) is 0 Å². The van der Waals surface area contributed by atoms with E-state index < -0.39 is 0 Å². The molecule has 0 saturated heterocycles. The van der Waals surface area contributed by atoms with Crippen LogP contribution in [-0.4, -0.2) is 11.9 Å². The fourth-order valence-corrected chi connectivity index (χ4v) is 2.70. The molecule has 4 heteroatoms. The minimum atomic E-state index is -0.0415. The molecule has 0 spiro atoms. The molecule has 0 radical (unpaired) electrons. The van der Waals surface area contributed by atoms with Gasteiger partial charge in [-0.2, -0.15) is 0 Å². The molecule has 118 valence electrons. The number of hydrogen-bond acceptors (Lipinski definition) is 3. The first-order chi connectivity index (χ1) is 11.2. The van der Waals surface area contributed by atoms with Crippen LogP contribution < -0.4 is 10.2 Å². The summed E-state index contributed by atoms with van der Waals surface area (Å²) < 4.78 is 11.8. The van der Waals surface area contributed by atoms with Gasteiger partial charge >= 0.3 is 0 Å². The third-order valence-electron chi connectivity index (χ3n) is 3.69. The van der Waals surface area contributed by atoms with E-state index in [0.29, 0.717) is 23.3 Å². The van der Waals surface area contributed by atoms with E-state index in [1.54, 1.807) is 12.1 Å². The molecule has 0 unspecified atom stereocenters. The Kier molecular flexibility index (Phi) is 4.82. The van der Waals surface area contributed by atoms with Crippen molar-refractivity contribution >= 4 is 26.9 Å². The van der Waals surface area contributed by atoms with Crippen LogP contribution >= 0.6 is 15.9 Å². The van der Waals surface area contributed by atoms with Gasteiger partial charge in [-0.15, -0.1) is 0 Å². The van der Waals surface area contributed by atoms with Crippen LogP contribution in [0.4, 0.5) is 0 Å². The monoisotopic (exact) mass is 372 g/mol. The maximum atomic E-state index is 12.4. The highest BCUT2D eigenvalue weighted by Gasteiger charge is 2.12. The molecule has 0 amide bonds. The van der Waals surface area contributed by atoms with Crippen LogP contribution in [0.15, 0.2) is 57.7 Å². The van der Waals surface area contributed by atoms with Crippen molar-refractivity contribution in [3.63, 3.8) is 0 Å². The highest BCUT2D eigenvalue weighted by atomic mass is 79.9. The molecule has 23 heavy (non-hydrogen) atoms. The summed E-state index contributed by atoms with van der Waals surface area (Å²) in [5, 5.41) is 1.47. The lowest BCUT2D eigenvalue weighted by atomic mass is 10.1. The molecule has 1 aromatic heterocycles. The lowest BCUT2D eigenvalue weighted by Gasteiger charge is -2.11. The van der Waals surface area contributed by atoms with Crippen molar-refractivity contribution < 1.29 is 9.15 Å². The van der Waals surface area contributed by atoms with Gasteiger partial charge < -0.3 is 9.15 Å². The SMILES string of the molecule is Cc1c(OCCCBr)ccc2c(=O)cc(-c3ccccc3)oc12. The van der Waals surface area contributed by atoms with Crippen molar-refractivity contribution in [2.75, 3.05) is 11.9 Å². The molecule has 0 atom stereocenters. The Labute approximate surface area is 143 Å². The van der Waals surface area contributed by atoms with Crippen LogP contribution in [0, 0.1) is 6.92 Å². The summed E-state index contributed by atoms with van der Waals surface area (Å²) in [6.07, 6.45) is 0.922. The number of aryl methyl sites for hydroxylation is 1. The van der Waals surface area contributed by atoms with Gasteiger partial charge in [-0.3, -0.25) is 4.79 Å². The first kappa shape index (κ1) is 15.8. The molecule has 0 aliphatic carbocycles. The summed E-state index contributed by atoms with van der Waals surface area (Å²) in [6, 6.07) is 14.8. The van der Waals surface area contributed by atoms with Crippen molar-refractivity contribution in [2.45, 2.75) is 13.3 Å². The Morgan fingerprint density at radius 1 is 1.13 bits per heavy atom. The Balaban J connectivity index is 2.10. The molecule has 3 aromatic rings. The lowest BCUT2D eigenvalue weighted by Crippen LogP contribution is -2.04. The van der Waals surface area contributed by atoms with Gasteiger partial charge in [0.05, 0.1) is 12.0 Å². The summed E-state index contributed by atoms with van der Waals surface area (Å²) in [5.41, 5.74) is 2.29. The molecular formula is C19H17BrO3. The molecular weight excluding hydrogens is 356 g/mol. The van der Waals surface area contributed by atoms with E-state index in [9.17, 15) is 4.79 Å². The molecule has 3 nitrogen and oxygen atoms in total. The van der Waals surface area contributed by atoms with Gasteiger partial charge in [0.25, 0.3) is 0 Å². The number of rotatable bonds is 5. The minimum Gasteiger partial charge on any atom is -0.493 e. The average molecular weight is 373 g/mol. The van der Waals surface area contributed by atoms with Gasteiger partial charge in [0.2, 0.25) is 0 Å². The second-order valence-electron chi connectivity index (χ2n) is 5.30. The quantitative estimate of drug-likeness (QED) is 0.470. The van der Waals surface area contributed by atoms with Crippen molar-refractivity contribution in [1.82, 2.24) is 0 Å². The van der Waals surface area contributed by atoms with Crippen LogP contribution in [0.2, 0.25) is 0 Å². The summed E-state index contributed by atoms with van der Waals surface area (Å²) in [7, 11) is 0. The zero-order chi connectivity index (χ0) is 16.2. The summed E-state index contributed by atoms with van der Waals surface area (Å²) in [6.45, 7) is 2.55. The summed E-state index contributed by atoms with van der Waals surface area (Å²) >= 11 is 3.39. The highest BCUT2D eigenvalue weighted by molar-refractivity contribution is 9.09. The van der Waals surface area contributed by atoms with E-state index >= 15 is 0 Å². The predicted molar refractivity (Wildman–Crippen MR) is 96.6 cm³/mol. The van der Waals surface area contributed by atoms with Gasteiger partial charge in [0.15, 0.2) is 5.43 Å². The summed E-state index contributed by atoms with van der Waals surface area (Å²) in [4.78, 5) is 12.4. The summed E-state index contributed by atoms with van der Waals surface area (Å²) in [5.74, 6) is 1.33. The largest absolute Gasteiger partial charge is 0.493 e. The first-order valence-corrected chi connectivity index (χ1v) is 8.64. The van der Waals surface area contributed by atoms with Gasteiger partial charge in [-0.25, -0.2) is 0 Å². The fraction of sp³-hybridized carbons (Fsp3) is 0.211. The maximum absolute atomic E-state index is 12.4. The maximum Gasteiger partial charge on any atom is 0.193 e. The van der Waals surface area contributed by atoms with Crippen molar-refractivity contribution in [3.8, 4) is 17.1 Å². The second-order valence-corrected chi connectivity index (χ2v) is 6.09. The van der Waals surface area contributed by atoms with Crippen molar-refractivity contribution in [3.05, 3.63) is 64.3 Å². The van der Waals surface area contributed by atoms with Crippen LogP contribution in [0.1, 0.15) is 12.0 Å². The smallest absolute Gasteiger partial charge is 0.193 e. The number of alkyl halides is 1. The van der Waals surface area contributed by atoms with E-state index in [-0.39, 0.29) is 5.43 Å². The Morgan fingerprint density at radius 3 is 2.65 bits per heavy atom. The molecule has 0 aliphatic rings. The van der Waals surface area contributed by atoms with Crippen LogP contribution in [0.25, 0.3) is 22.3 Å². The van der Waals surface area contributed by atoms with E-state index in [1.807, 2.05) is 43.3 Å². The predicted octanol–water partition coefficient (Wildman–Crippen LogP) is 4.93. The van der Waals surface area contributed by atoms with E-state index in [1.165, 1.54) is 0 Å². The number of ether oxygens (including phenoxy) is 1. The lowest BCUT2D eigenvalue weighted by molar-refractivity contribution is 0.317. The zero-order valence-electron chi connectivity index (χ0n) is 12.8. The molecule has 0 saturated carbocycles. The topological polar surface area (TPSA) is 39.4 Å². The molecule has 1 heterocycles. The van der Waals surface area contributed by atoms with Crippen LogP contribution in [-0.2, 0) is 0 Å². The Bertz CT molecular complexity index is 869. The van der Waals surface area contributed by atoms with E-state index in [4.69, 9.17) is 9.15 Å². The highest BCUT2D eigenvalue weighted by Crippen LogP contribution is 2.29. The fourth-order valence-electron chi connectivity index (χ4n) is 2.47. The van der Waals surface area contributed by atoms with Crippen LogP contribution in [0.5, 0.6) is 5.75 Å². The number of fused-ring (bicyclic) bond motifs is 1.